The van der Waals surface area contributed by atoms with Gasteiger partial charge in [0, 0.05) is 0 Å². The predicted octanol–water partition coefficient (Wildman–Crippen LogP) is 4.93. The molecule has 0 saturated heterocycles. The Labute approximate surface area is 183 Å². The quantitative estimate of drug-likeness (QED) is 0.377. The molecule has 0 amide bonds. The standard InChI is InChI=1S/C24H29N5S/c1-16(2)13-17(3)18-7-9-19(10-8-18)20-5-4-6-21(14-20)22-15-30-24(28-23(26)27)29(22)12-11-25/h4-10,14-17,24H,12-13H2,1-3H3,(H4,26,27,28). The average Bonchev–Trinajstić information content (AvgIpc) is 3.10. The van der Waals surface area contributed by atoms with Gasteiger partial charge in [0.15, 0.2) is 11.5 Å². The molecule has 2 aromatic rings. The van der Waals surface area contributed by atoms with Crippen molar-refractivity contribution in [2.75, 3.05) is 6.54 Å². The van der Waals surface area contributed by atoms with Crippen LogP contribution in [0.2, 0.25) is 0 Å². The molecule has 5 nitrogen and oxygen atoms in total. The summed E-state index contributed by atoms with van der Waals surface area (Å²) in [7, 11) is 0. The lowest BCUT2D eigenvalue weighted by Gasteiger charge is -2.24. The summed E-state index contributed by atoms with van der Waals surface area (Å²) in [6, 6.07) is 19.4. The van der Waals surface area contributed by atoms with Crippen LogP contribution in [0.25, 0.3) is 16.8 Å². The van der Waals surface area contributed by atoms with Gasteiger partial charge in [-0.2, -0.15) is 5.26 Å². The van der Waals surface area contributed by atoms with E-state index in [4.69, 9.17) is 11.5 Å². The molecule has 2 unspecified atom stereocenters. The van der Waals surface area contributed by atoms with Crippen LogP contribution in [-0.4, -0.2) is 22.9 Å². The predicted molar refractivity (Wildman–Crippen MR) is 127 cm³/mol. The van der Waals surface area contributed by atoms with Crippen molar-refractivity contribution in [3.05, 3.63) is 65.1 Å². The Morgan fingerprint density at radius 3 is 2.43 bits per heavy atom. The van der Waals surface area contributed by atoms with E-state index < -0.39 is 0 Å². The smallest absolute Gasteiger partial charge is 0.188 e. The summed E-state index contributed by atoms with van der Waals surface area (Å²) in [4.78, 5) is 6.15. The highest BCUT2D eigenvalue weighted by Crippen LogP contribution is 2.38. The van der Waals surface area contributed by atoms with E-state index in [-0.39, 0.29) is 18.0 Å². The van der Waals surface area contributed by atoms with Crippen molar-refractivity contribution in [3.63, 3.8) is 0 Å². The van der Waals surface area contributed by atoms with Gasteiger partial charge in [0.2, 0.25) is 0 Å². The molecule has 0 bridgehead atoms. The Morgan fingerprint density at radius 1 is 1.10 bits per heavy atom. The van der Waals surface area contributed by atoms with E-state index in [1.807, 2.05) is 16.4 Å². The van der Waals surface area contributed by atoms with Crippen molar-refractivity contribution in [2.45, 2.75) is 38.6 Å². The maximum Gasteiger partial charge on any atom is 0.188 e. The van der Waals surface area contributed by atoms with Crippen LogP contribution in [0.5, 0.6) is 0 Å². The molecule has 1 heterocycles. The molecule has 1 aliphatic heterocycles. The van der Waals surface area contributed by atoms with Crippen molar-refractivity contribution in [1.29, 1.82) is 5.26 Å². The molecule has 0 aliphatic carbocycles. The van der Waals surface area contributed by atoms with Crippen molar-refractivity contribution in [3.8, 4) is 17.2 Å². The van der Waals surface area contributed by atoms with E-state index in [9.17, 15) is 5.26 Å². The van der Waals surface area contributed by atoms with Crippen molar-refractivity contribution >= 4 is 23.4 Å². The van der Waals surface area contributed by atoms with E-state index in [2.05, 4.69) is 74.3 Å². The Morgan fingerprint density at radius 2 is 1.80 bits per heavy atom. The largest absolute Gasteiger partial charge is 0.370 e. The normalized spacial score (nSPS) is 16.8. The van der Waals surface area contributed by atoms with Crippen LogP contribution in [0.4, 0.5) is 0 Å². The van der Waals surface area contributed by atoms with E-state index in [1.54, 1.807) is 0 Å². The van der Waals surface area contributed by atoms with Gasteiger partial charge < -0.3 is 16.4 Å². The van der Waals surface area contributed by atoms with Gasteiger partial charge in [0.25, 0.3) is 0 Å². The van der Waals surface area contributed by atoms with Crippen molar-refractivity contribution < 1.29 is 0 Å². The zero-order valence-electron chi connectivity index (χ0n) is 17.7. The Bertz CT molecular complexity index is 968. The second-order valence-corrected chi connectivity index (χ2v) is 8.97. The average molecular weight is 420 g/mol. The fraction of sp³-hybridized carbons (Fsp3) is 0.333. The molecular formula is C24H29N5S. The van der Waals surface area contributed by atoms with Crippen LogP contribution < -0.4 is 11.5 Å². The summed E-state index contributed by atoms with van der Waals surface area (Å²) in [5.74, 6) is 1.26. The summed E-state index contributed by atoms with van der Waals surface area (Å²) in [5, 5.41) is 11.3. The fourth-order valence-electron chi connectivity index (χ4n) is 3.79. The van der Waals surface area contributed by atoms with Gasteiger partial charge >= 0.3 is 0 Å². The first-order valence-corrected chi connectivity index (χ1v) is 11.1. The number of hydrogen-bond acceptors (Lipinski definition) is 4. The number of benzene rings is 2. The summed E-state index contributed by atoms with van der Waals surface area (Å²) in [5.41, 5.74) is 16.5. The van der Waals surface area contributed by atoms with E-state index >= 15 is 0 Å². The number of nitrogens with two attached hydrogens (primary N) is 2. The minimum Gasteiger partial charge on any atom is -0.370 e. The third kappa shape index (κ3) is 5.17. The highest BCUT2D eigenvalue weighted by molar-refractivity contribution is 8.03. The number of nitriles is 1. The van der Waals surface area contributed by atoms with E-state index in [0.29, 0.717) is 11.8 Å². The number of hydrogen-bond donors (Lipinski definition) is 2. The first-order chi connectivity index (χ1) is 14.4. The Balaban J connectivity index is 1.84. The van der Waals surface area contributed by atoms with Gasteiger partial charge in [0.05, 0.1) is 11.8 Å². The molecule has 6 heteroatoms. The number of nitrogens with zero attached hydrogens (tertiary/aromatic N) is 3. The zero-order chi connectivity index (χ0) is 21.7. The summed E-state index contributed by atoms with van der Waals surface area (Å²) >= 11 is 1.50. The monoisotopic (exact) mass is 419 g/mol. The summed E-state index contributed by atoms with van der Waals surface area (Å²) < 4.78 is 0. The number of aliphatic imine (C=N–C) groups is 1. The molecule has 156 valence electrons. The molecule has 0 radical (unpaired) electrons. The Kier molecular flexibility index (Phi) is 7.07. The van der Waals surface area contributed by atoms with Crippen LogP contribution in [0.1, 0.15) is 44.2 Å². The minimum absolute atomic E-state index is 0.0191. The lowest BCUT2D eigenvalue weighted by molar-refractivity contribution is 0.433. The van der Waals surface area contributed by atoms with Crippen molar-refractivity contribution in [1.82, 2.24) is 4.90 Å². The lowest BCUT2D eigenvalue weighted by Crippen LogP contribution is -2.32. The summed E-state index contributed by atoms with van der Waals surface area (Å²) in [6.45, 7) is 7.03. The molecule has 2 atom stereocenters. The molecule has 4 N–H and O–H groups in total. The first kappa shape index (κ1) is 21.8. The fourth-order valence-corrected chi connectivity index (χ4v) is 4.83. The third-order valence-electron chi connectivity index (χ3n) is 5.17. The molecule has 0 fully saturated rings. The van der Waals surface area contributed by atoms with Gasteiger partial charge in [-0.1, -0.05) is 75.0 Å². The van der Waals surface area contributed by atoms with Crippen LogP contribution in [0.15, 0.2) is 58.9 Å². The van der Waals surface area contributed by atoms with Crippen LogP contribution >= 0.6 is 11.8 Å². The molecule has 3 rings (SSSR count). The highest BCUT2D eigenvalue weighted by atomic mass is 32.2. The van der Waals surface area contributed by atoms with Crippen LogP contribution in [0, 0.1) is 17.2 Å². The molecule has 0 saturated carbocycles. The SMILES string of the molecule is CC(C)CC(C)c1ccc(-c2cccc(C3=CSC(N=C(N)N)N3CC#N)c2)cc1. The van der Waals surface area contributed by atoms with Gasteiger partial charge in [-0.25, -0.2) is 4.99 Å². The molecule has 30 heavy (non-hydrogen) atoms. The number of guanidine groups is 1. The highest BCUT2D eigenvalue weighted by Gasteiger charge is 2.27. The lowest BCUT2D eigenvalue weighted by atomic mass is 9.91. The Hall–Kier alpha value is -2.91. The first-order valence-electron chi connectivity index (χ1n) is 10.2. The topological polar surface area (TPSA) is 91.4 Å². The molecular weight excluding hydrogens is 390 g/mol. The van der Waals surface area contributed by atoms with E-state index in [1.165, 1.54) is 29.3 Å². The summed E-state index contributed by atoms with van der Waals surface area (Å²) in [6.07, 6.45) is 1.19. The zero-order valence-corrected chi connectivity index (χ0v) is 18.6. The van der Waals surface area contributed by atoms with Crippen LogP contribution in [-0.2, 0) is 0 Å². The number of thioether (sulfide) groups is 1. The molecule has 2 aromatic carbocycles. The maximum atomic E-state index is 9.26. The maximum absolute atomic E-state index is 9.26. The van der Waals surface area contributed by atoms with Gasteiger partial charge in [0.1, 0.15) is 6.54 Å². The molecule has 1 aliphatic rings. The van der Waals surface area contributed by atoms with Gasteiger partial charge in [-0.05, 0) is 52.0 Å². The second-order valence-electron chi connectivity index (χ2n) is 8.04. The van der Waals surface area contributed by atoms with Crippen LogP contribution in [0.3, 0.4) is 0 Å². The number of rotatable bonds is 7. The van der Waals surface area contributed by atoms with E-state index in [0.717, 1.165) is 16.8 Å². The van der Waals surface area contributed by atoms with Gasteiger partial charge in [-0.3, -0.25) is 0 Å². The third-order valence-corrected chi connectivity index (χ3v) is 6.14. The van der Waals surface area contributed by atoms with Gasteiger partial charge in [-0.15, -0.1) is 0 Å². The van der Waals surface area contributed by atoms with Crippen molar-refractivity contribution in [2.24, 2.45) is 22.4 Å². The molecule has 0 aromatic heterocycles. The second kappa shape index (κ2) is 9.73. The molecule has 0 spiro atoms. The minimum atomic E-state index is -0.310.